The molecule has 2 unspecified atom stereocenters. The molecule has 8 nitrogen and oxygen atoms in total. The summed E-state index contributed by atoms with van der Waals surface area (Å²) in [6.45, 7) is 0.636. The van der Waals surface area contributed by atoms with Crippen LogP contribution in [0, 0.1) is 5.92 Å². The Balaban J connectivity index is 4.36. The number of carboxylic acids is 1. The molecule has 2 atom stereocenters. The second kappa shape index (κ2) is 13.1. The van der Waals surface area contributed by atoms with Gasteiger partial charge in [-0.05, 0) is 37.7 Å². The fourth-order valence-electron chi connectivity index (χ4n) is 2.16. The van der Waals surface area contributed by atoms with E-state index in [0.717, 1.165) is 5.75 Å². The number of hydrogen-bond donors (Lipinski definition) is 5. The lowest BCUT2D eigenvalue weighted by Gasteiger charge is -2.17. The molecule has 8 N–H and O–H groups in total. The van der Waals surface area contributed by atoms with E-state index in [0.29, 0.717) is 32.2 Å². The molecule has 0 aromatic heterocycles. The zero-order chi connectivity index (χ0) is 17.7. The molecule has 9 heteroatoms. The van der Waals surface area contributed by atoms with Gasteiger partial charge in [-0.2, -0.15) is 11.8 Å². The van der Waals surface area contributed by atoms with Gasteiger partial charge in [0.05, 0.1) is 12.0 Å². The number of nitrogens with two attached hydrogens (primary N) is 3. The molecule has 0 rings (SSSR count). The van der Waals surface area contributed by atoms with Gasteiger partial charge in [-0.25, -0.2) is 0 Å². The molecule has 0 spiro atoms. The largest absolute Gasteiger partial charge is 0.481 e. The number of carbonyl (C=O) groups excluding carboxylic acids is 1. The van der Waals surface area contributed by atoms with Crippen molar-refractivity contribution in [2.75, 3.05) is 25.2 Å². The van der Waals surface area contributed by atoms with Crippen LogP contribution in [-0.2, 0) is 9.59 Å². The molecule has 0 aliphatic carbocycles. The van der Waals surface area contributed by atoms with E-state index < -0.39 is 11.9 Å². The van der Waals surface area contributed by atoms with Gasteiger partial charge in [0.15, 0.2) is 5.96 Å². The number of thioether (sulfide) groups is 1. The van der Waals surface area contributed by atoms with Crippen LogP contribution in [0.1, 0.15) is 32.1 Å². The molecule has 0 aromatic carbocycles. The van der Waals surface area contributed by atoms with E-state index >= 15 is 0 Å². The molecular weight excluding hydrogens is 318 g/mol. The SMILES string of the molecule is CSCCC(CCC(=O)C(CCCN=C(N)N)NCN)C(=O)O. The molecule has 0 fully saturated rings. The van der Waals surface area contributed by atoms with Crippen LogP contribution in [0.4, 0.5) is 0 Å². The number of hydrogen-bond acceptors (Lipinski definition) is 6. The van der Waals surface area contributed by atoms with Crippen LogP contribution in [0.2, 0.25) is 0 Å². The number of Topliss-reactive ketones (excluding diaryl/α,β-unsaturated/α-hetero) is 1. The Bertz CT molecular complexity index is 389. The second-order valence-corrected chi connectivity index (χ2v) is 6.22. The summed E-state index contributed by atoms with van der Waals surface area (Å²) < 4.78 is 0. The van der Waals surface area contributed by atoms with E-state index in [1.165, 1.54) is 0 Å². The molecule has 0 saturated carbocycles. The molecule has 0 bridgehead atoms. The summed E-state index contributed by atoms with van der Waals surface area (Å²) >= 11 is 1.60. The quantitative estimate of drug-likeness (QED) is 0.124. The number of rotatable bonds is 14. The van der Waals surface area contributed by atoms with Crippen LogP contribution in [0.5, 0.6) is 0 Å². The molecule has 134 valence electrons. The molecule has 0 aromatic rings. The highest BCUT2D eigenvalue weighted by Gasteiger charge is 2.22. The van der Waals surface area contributed by atoms with Crippen LogP contribution in [0.3, 0.4) is 0 Å². The Hall–Kier alpha value is -1.32. The van der Waals surface area contributed by atoms with Crippen molar-refractivity contribution in [1.29, 1.82) is 0 Å². The van der Waals surface area contributed by atoms with Gasteiger partial charge < -0.3 is 22.3 Å². The Morgan fingerprint density at radius 3 is 2.48 bits per heavy atom. The van der Waals surface area contributed by atoms with Gasteiger partial charge in [0.2, 0.25) is 0 Å². The van der Waals surface area contributed by atoms with Crippen molar-refractivity contribution in [3.8, 4) is 0 Å². The van der Waals surface area contributed by atoms with Gasteiger partial charge in [-0.15, -0.1) is 0 Å². The van der Waals surface area contributed by atoms with Crippen molar-refractivity contribution in [3.05, 3.63) is 0 Å². The zero-order valence-corrected chi connectivity index (χ0v) is 14.5. The highest BCUT2D eigenvalue weighted by atomic mass is 32.2. The van der Waals surface area contributed by atoms with Gasteiger partial charge in [-0.1, -0.05) is 0 Å². The maximum atomic E-state index is 12.3. The van der Waals surface area contributed by atoms with E-state index in [4.69, 9.17) is 17.2 Å². The molecule has 23 heavy (non-hydrogen) atoms. The fraction of sp³-hybridized carbons (Fsp3) is 0.786. The first-order chi connectivity index (χ1) is 10.9. The first kappa shape index (κ1) is 21.7. The predicted molar refractivity (Wildman–Crippen MR) is 94.3 cm³/mol. The van der Waals surface area contributed by atoms with E-state index in [9.17, 15) is 14.7 Å². The summed E-state index contributed by atoms with van der Waals surface area (Å²) in [5, 5.41) is 12.1. The van der Waals surface area contributed by atoms with Crippen molar-refractivity contribution in [1.82, 2.24) is 5.32 Å². The highest BCUT2D eigenvalue weighted by molar-refractivity contribution is 7.98. The Morgan fingerprint density at radius 1 is 1.26 bits per heavy atom. The van der Waals surface area contributed by atoms with Crippen molar-refractivity contribution in [3.63, 3.8) is 0 Å². The van der Waals surface area contributed by atoms with E-state index in [2.05, 4.69) is 10.3 Å². The topological polar surface area (TPSA) is 157 Å². The molecule has 0 aliphatic rings. The predicted octanol–water partition coefficient (Wildman–Crippen LogP) is -0.282. The standard InChI is InChI=1S/C14H29N5O3S/c1-23-8-6-10(13(21)22)4-5-12(20)11(19-9-15)3-2-7-18-14(16)17/h10-11,19H,2-9,15H2,1H3,(H,21,22)(H4,16,17,18). The van der Waals surface area contributed by atoms with Gasteiger partial charge in [0, 0.05) is 19.6 Å². The number of carboxylic acid groups (broad SMARTS) is 1. The van der Waals surface area contributed by atoms with Crippen molar-refractivity contribution >= 4 is 29.5 Å². The van der Waals surface area contributed by atoms with Gasteiger partial charge in [0.25, 0.3) is 0 Å². The minimum absolute atomic E-state index is 0.0180. The third-order valence-electron chi connectivity index (χ3n) is 3.46. The van der Waals surface area contributed by atoms with Crippen molar-refractivity contribution < 1.29 is 14.7 Å². The Kier molecular flexibility index (Phi) is 12.4. The minimum atomic E-state index is -0.844. The minimum Gasteiger partial charge on any atom is -0.481 e. The van der Waals surface area contributed by atoms with Crippen LogP contribution in [0.15, 0.2) is 4.99 Å². The van der Waals surface area contributed by atoms with E-state index in [1.54, 1.807) is 11.8 Å². The fourth-order valence-corrected chi connectivity index (χ4v) is 2.69. The molecular formula is C14H29N5O3S. The summed E-state index contributed by atoms with van der Waals surface area (Å²) in [7, 11) is 0. The van der Waals surface area contributed by atoms with Crippen LogP contribution >= 0.6 is 11.8 Å². The second-order valence-electron chi connectivity index (χ2n) is 5.23. The average Bonchev–Trinajstić information content (AvgIpc) is 2.49. The average molecular weight is 347 g/mol. The Labute approximate surface area is 141 Å². The van der Waals surface area contributed by atoms with Crippen LogP contribution in [0.25, 0.3) is 0 Å². The highest BCUT2D eigenvalue weighted by Crippen LogP contribution is 2.16. The third-order valence-corrected chi connectivity index (χ3v) is 4.10. The first-order valence-corrected chi connectivity index (χ1v) is 9.05. The molecule has 0 radical (unpaired) electrons. The third kappa shape index (κ3) is 10.9. The van der Waals surface area contributed by atoms with E-state index in [-0.39, 0.29) is 30.9 Å². The normalized spacial score (nSPS) is 13.3. The number of guanidine groups is 1. The number of aliphatic imine (C=N–C) groups is 1. The lowest BCUT2D eigenvalue weighted by Crippen LogP contribution is -2.40. The molecule has 0 aliphatic heterocycles. The summed E-state index contributed by atoms with van der Waals surface area (Å²) in [6, 6.07) is -0.385. The summed E-state index contributed by atoms with van der Waals surface area (Å²) in [6.07, 6.45) is 4.30. The number of nitrogens with zero attached hydrogens (tertiary/aromatic N) is 1. The molecule has 0 saturated heterocycles. The van der Waals surface area contributed by atoms with Crippen molar-refractivity contribution in [2.24, 2.45) is 28.1 Å². The van der Waals surface area contributed by atoms with Gasteiger partial charge >= 0.3 is 5.97 Å². The van der Waals surface area contributed by atoms with Crippen LogP contribution < -0.4 is 22.5 Å². The van der Waals surface area contributed by atoms with Crippen molar-refractivity contribution in [2.45, 2.75) is 38.1 Å². The van der Waals surface area contributed by atoms with Crippen LogP contribution in [-0.4, -0.2) is 54.1 Å². The smallest absolute Gasteiger partial charge is 0.306 e. The number of ketones is 1. The summed E-state index contributed by atoms with van der Waals surface area (Å²) in [5.41, 5.74) is 16.0. The lowest BCUT2D eigenvalue weighted by molar-refractivity contribution is -0.142. The van der Waals surface area contributed by atoms with Gasteiger partial charge in [-0.3, -0.25) is 19.9 Å². The lowest BCUT2D eigenvalue weighted by atomic mass is 9.95. The summed E-state index contributed by atoms with van der Waals surface area (Å²) in [4.78, 5) is 27.3. The monoisotopic (exact) mass is 347 g/mol. The zero-order valence-electron chi connectivity index (χ0n) is 13.7. The van der Waals surface area contributed by atoms with E-state index in [1.807, 2.05) is 6.26 Å². The maximum Gasteiger partial charge on any atom is 0.306 e. The maximum absolute atomic E-state index is 12.3. The Morgan fingerprint density at radius 2 is 1.96 bits per heavy atom. The number of aliphatic carboxylic acids is 1. The van der Waals surface area contributed by atoms with Gasteiger partial charge in [0.1, 0.15) is 5.78 Å². The summed E-state index contributed by atoms with van der Waals surface area (Å²) in [5.74, 6) is -0.545. The number of nitrogens with one attached hydrogen (secondary N) is 1. The first-order valence-electron chi connectivity index (χ1n) is 7.65. The number of carbonyl (C=O) groups is 2. The molecule has 0 amide bonds. The molecule has 0 heterocycles.